The first-order chi connectivity index (χ1) is 16.3. The van der Waals surface area contributed by atoms with Crippen LogP contribution < -0.4 is 0 Å². The van der Waals surface area contributed by atoms with Crippen molar-refractivity contribution in [1.82, 2.24) is 10.2 Å². The molecule has 0 fully saturated rings. The van der Waals surface area contributed by atoms with Crippen LogP contribution in [0.2, 0.25) is 0 Å². The fourth-order valence-corrected chi connectivity index (χ4v) is 10.4. The van der Waals surface area contributed by atoms with Crippen LogP contribution in [-0.4, -0.2) is 10.2 Å². The summed E-state index contributed by atoms with van der Waals surface area (Å²) in [6.07, 6.45) is 10.4. The van der Waals surface area contributed by atoms with Gasteiger partial charge in [0.15, 0.2) is 10.0 Å². The van der Waals surface area contributed by atoms with Crippen LogP contribution in [0.5, 0.6) is 0 Å². The number of aromatic nitrogens is 2. The molecule has 0 atom stereocenters. The molecular formula is C26H22N2S5. The molecule has 33 heavy (non-hydrogen) atoms. The van der Waals surface area contributed by atoms with Crippen molar-refractivity contribution in [3.63, 3.8) is 0 Å². The first-order valence-electron chi connectivity index (χ1n) is 11.6. The van der Waals surface area contributed by atoms with Gasteiger partial charge in [-0.1, -0.05) is 11.3 Å². The Balaban J connectivity index is 1.14. The summed E-state index contributed by atoms with van der Waals surface area (Å²) < 4.78 is 0. The fraction of sp³-hybridized carbons (Fsp3) is 0.308. The van der Waals surface area contributed by atoms with Crippen molar-refractivity contribution in [2.24, 2.45) is 0 Å². The van der Waals surface area contributed by atoms with E-state index in [1.165, 1.54) is 80.6 Å². The van der Waals surface area contributed by atoms with Gasteiger partial charge in [-0.3, -0.25) is 0 Å². The zero-order chi connectivity index (χ0) is 21.8. The zero-order valence-electron chi connectivity index (χ0n) is 18.1. The van der Waals surface area contributed by atoms with Crippen molar-refractivity contribution in [2.45, 2.75) is 51.4 Å². The minimum atomic E-state index is 1.03. The second kappa shape index (κ2) is 8.54. The number of nitrogens with zero attached hydrogens (tertiary/aromatic N) is 2. The second-order valence-electron chi connectivity index (χ2n) is 8.77. The molecule has 5 aromatic heterocycles. The van der Waals surface area contributed by atoms with Gasteiger partial charge in [0.1, 0.15) is 0 Å². The number of rotatable bonds is 4. The monoisotopic (exact) mass is 522 g/mol. The van der Waals surface area contributed by atoms with E-state index in [4.69, 9.17) is 0 Å². The lowest BCUT2D eigenvalue weighted by atomic mass is 9.99. The standard InChI is InChI=1S/C26H22N2S5/c1-3-7-17-15(5-1)13-23(29-17)19-9-11-21(31-19)25-27-28-26(33-25)22-12-10-20(32-22)24-14-16-6-2-4-8-18(16)30-24/h9-14H,1-8H2. The third kappa shape index (κ3) is 3.88. The molecule has 2 aliphatic carbocycles. The van der Waals surface area contributed by atoms with Gasteiger partial charge in [-0.05, 0) is 98.9 Å². The van der Waals surface area contributed by atoms with Gasteiger partial charge in [0.25, 0.3) is 0 Å². The van der Waals surface area contributed by atoms with Crippen molar-refractivity contribution >= 4 is 56.7 Å². The van der Waals surface area contributed by atoms with E-state index in [-0.39, 0.29) is 0 Å². The van der Waals surface area contributed by atoms with Gasteiger partial charge in [0, 0.05) is 29.3 Å². The highest BCUT2D eigenvalue weighted by Gasteiger charge is 2.19. The molecule has 7 heteroatoms. The van der Waals surface area contributed by atoms with Crippen LogP contribution in [0.3, 0.4) is 0 Å². The van der Waals surface area contributed by atoms with Gasteiger partial charge in [0.05, 0.1) is 9.75 Å². The Morgan fingerprint density at radius 3 is 1.39 bits per heavy atom. The normalized spacial score (nSPS) is 15.5. The van der Waals surface area contributed by atoms with E-state index in [9.17, 15) is 0 Å². The molecule has 166 valence electrons. The Bertz CT molecular complexity index is 1290. The average Bonchev–Trinajstić information content (AvgIpc) is 3.66. The maximum atomic E-state index is 4.56. The van der Waals surface area contributed by atoms with E-state index in [0.717, 1.165) is 10.0 Å². The van der Waals surface area contributed by atoms with E-state index in [1.54, 1.807) is 32.2 Å². The van der Waals surface area contributed by atoms with Crippen LogP contribution in [-0.2, 0) is 25.7 Å². The number of aryl methyl sites for hydroxylation is 4. The third-order valence-corrected chi connectivity index (χ3v) is 12.8. The van der Waals surface area contributed by atoms with Gasteiger partial charge in [-0.15, -0.1) is 55.5 Å². The third-order valence-electron chi connectivity index (χ3n) is 6.54. The molecule has 0 bridgehead atoms. The predicted molar refractivity (Wildman–Crippen MR) is 146 cm³/mol. The molecule has 0 amide bonds. The summed E-state index contributed by atoms with van der Waals surface area (Å²) >= 11 is 9.40. The van der Waals surface area contributed by atoms with Crippen LogP contribution in [0.15, 0.2) is 36.4 Å². The lowest BCUT2D eigenvalue weighted by Crippen LogP contribution is -1.96. The molecule has 0 aliphatic heterocycles. The maximum Gasteiger partial charge on any atom is 0.158 e. The molecule has 5 aromatic rings. The number of hydrogen-bond donors (Lipinski definition) is 0. The van der Waals surface area contributed by atoms with Crippen LogP contribution in [0.25, 0.3) is 39.3 Å². The molecule has 5 heterocycles. The summed E-state index contributed by atoms with van der Waals surface area (Å²) in [6.45, 7) is 0. The smallest absolute Gasteiger partial charge is 0.139 e. The molecular weight excluding hydrogens is 501 g/mol. The van der Waals surface area contributed by atoms with Gasteiger partial charge in [-0.25, -0.2) is 0 Å². The Morgan fingerprint density at radius 2 is 0.909 bits per heavy atom. The quantitative estimate of drug-likeness (QED) is 0.235. The molecule has 0 saturated heterocycles. The van der Waals surface area contributed by atoms with Crippen molar-refractivity contribution < 1.29 is 0 Å². The Labute approximate surface area is 213 Å². The van der Waals surface area contributed by atoms with Gasteiger partial charge < -0.3 is 0 Å². The van der Waals surface area contributed by atoms with E-state index < -0.39 is 0 Å². The Morgan fingerprint density at radius 1 is 0.455 bits per heavy atom. The van der Waals surface area contributed by atoms with Crippen LogP contribution in [0.4, 0.5) is 0 Å². The Kier molecular flexibility index (Phi) is 5.36. The Hall–Kier alpha value is -1.64. The van der Waals surface area contributed by atoms with Gasteiger partial charge in [-0.2, -0.15) is 0 Å². The van der Waals surface area contributed by atoms with Crippen LogP contribution in [0, 0.1) is 0 Å². The summed E-state index contributed by atoms with van der Waals surface area (Å²) in [7, 11) is 0. The van der Waals surface area contributed by atoms with Gasteiger partial charge in [0.2, 0.25) is 0 Å². The fourth-order valence-electron chi connectivity index (χ4n) is 4.82. The zero-order valence-corrected chi connectivity index (χ0v) is 22.1. The highest BCUT2D eigenvalue weighted by molar-refractivity contribution is 7.29. The minimum Gasteiger partial charge on any atom is -0.139 e. The van der Waals surface area contributed by atoms with Crippen molar-refractivity contribution in [3.8, 4) is 39.3 Å². The molecule has 0 aromatic carbocycles. The lowest BCUT2D eigenvalue weighted by Gasteiger charge is -2.08. The first kappa shape index (κ1) is 20.7. The summed E-state index contributed by atoms with van der Waals surface area (Å²) in [5.41, 5.74) is 3.16. The molecule has 0 radical (unpaired) electrons. The van der Waals surface area contributed by atoms with E-state index in [2.05, 4.69) is 46.6 Å². The topological polar surface area (TPSA) is 25.8 Å². The SMILES string of the molecule is c1cc(-c2nnc(-c3ccc(-c4cc5c(s4)CCCC5)s3)s2)sc1-c1cc2c(s1)CCCC2. The predicted octanol–water partition coefficient (Wildman–Crippen LogP) is 9.21. The second-order valence-corrected chi connectivity index (χ2v) is 14.2. The molecule has 2 aliphatic rings. The van der Waals surface area contributed by atoms with Crippen molar-refractivity contribution in [2.75, 3.05) is 0 Å². The molecule has 0 unspecified atom stereocenters. The molecule has 0 N–H and O–H groups in total. The molecule has 0 saturated carbocycles. The first-order valence-corrected chi connectivity index (χ1v) is 15.7. The molecule has 7 rings (SSSR count). The number of thiophene rings is 4. The average molecular weight is 523 g/mol. The van der Waals surface area contributed by atoms with E-state index in [0.29, 0.717) is 0 Å². The highest BCUT2D eigenvalue weighted by Crippen LogP contribution is 2.44. The van der Waals surface area contributed by atoms with Gasteiger partial charge >= 0.3 is 0 Å². The maximum absolute atomic E-state index is 4.56. The molecule has 0 spiro atoms. The van der Waals surface area contributed by atoms with Crippen molar-refractivity contribution in [3.05, 3.63) is 57.3 Å². The van der Waals surface area contributed by atoms with E-state index >= 15 is 0 Å². The molecule has 2 nitrogen and oxygen atoms in total. The number of hydrogen-bond acceptors (Lipinski definition) is 7. The van der Waals surface area contributed by atoms with Crippen LogP contribution in [0.1, 0.15) is 46.6 Å². The highest BCUT2D eigenvalue weighted by atomic mass is 32.1. The summed E-state index contributed by atoms with van der Waals surface area (Å²) in [6, 6.07) is 13.8. The summed E-state index contributed by atoms with van der Waals surface area (Å²) in [4.78, 5) is 11.2. The van der Waals surface area contributed by atoms with E-state index in [1.807, 2.05) is 45.3 Å². The van der Waals surface area contributed by atoms with Crippen LogP contribution >= 0.6 is 56.7 Å². The lowest BCUT2D eigenvalue weighted by molar-refractivity contribution is 0.697. The summed E-state index contributed by atoms with van der Waals surface area (Å²) in [5, 5.41) is 11.2. The van der Waals surface area contributed by atoms with Crippen molar-refractivity contribution in [1.29, 1.82) is 0 Å². The largest absolute Gasteiger partial charge is 0.158 e. The summed E-state index contributed by atoms with van der Waals surface area (Å²) in [5.74, 6) is 0. The minimum absolute atomic E-state index is 1.03. The number of fused-ring (bicyclic) bond motifs is 2.